The fourth-order valence-electron chi connectivity index (χ4n) is 3.98. The van der Waals surface area contributed by atoms with Crippen molar-refractivity contribution >= 4 is 43.8 Å². The molecule has 2 aliphatic heterocycles. The number of hydrogen-bond acceptors (Lipinski definition) is 6. The number of nitrogens with one attached hydrogen (secondary N) is 2. The van der Waals surface area contributed by atoms with Crippen LogP contribution in [0.4, 0.5) is 15.2 Å². The lowest BCUT2D eigenvalue weighted by molar-refractivity contribution is 0.295. The van der Waals surface area contributed by atoms with Crippen molar-refractivity contribution in [3.05, 3.63) is 34.5 Å². The smallest absolute Gasteiger partial charge is 0.265 e. The van der Waals surface area contributed by atoms with E-state index >= 15 is 0 Å². The van der Waals surface area contributed by atoms with Crippen molar-refractivity contribution in [3.8, 4) is 0 Å². The van der Waals surface area contributed by atoms with Crippen LogP contribution in [0.3, 0.4) is 0 Å². The van der Waals surface area contributed by atoms with Crippen LogP contribution in [0.5, 0.6) is 0 Å². The van der Waals surface area contributed by atoms with Gasteiger partial charge in [0, 0.05) is 24.2 Å². The van der Waals surface area contributed by atoms with E-state index < -0.39 is 15.8 Å². The Morgan fingerprint density at radius 1 is 1.33 bits per heavy atom. The van der Waals surface area contributed by atoms with Gasteiger partial charge in [0.25, 0.3) is 10.0 Å². The molecule has 2 N–H and O–H groups in total. The fourth-order valence-corrected chi connectivity index (χ4v) is 6.31. The second-order valence-electron chi connectivity index (χ2n) is 6.88. The molecule has 4 rings (SSSR count). The molecule has 0 amide bonds. The largest absolute Gasteiger partial charge is 0.382 e. The van der Waals surface area contributed by atoms with Crippen molar-refractivity contribution in [3.63, 3.8) is 0 Å². The number of hydrogen-bond donors (Lipinski definition) is 2. The Hall–Kier alpha value is -1.42. The van der Waals surface area contributed by atoms with E-state index in [4.69, 9.17) is 11.6 Å². The van der Waals surface area contributed by atoms with E-state index in [1.807, 2.05) is 0 Å². The molecule has 2 fully saturated rings. The van der Waals surface area contributed by atoms with Crippen molar-refractivity contribution in [2.24, 2.45) is 5.92 Å². The first-order valence-electron chi connectivity index (χ1n) is 8.83. The van der Waals surface area contributed by atoms with E-state index in [0.717, 1.165) is 36.9 Å². The quantitative estimate of drug-likeness (QED) is 0.732. The number of sulfonamides is 1. The molecule has 10 heteroatoms. The molecule has 27 heavy (non-hydrogen) atoms. The molecule has 0 radical (unpaired) electrons. The lowest BCUT2D eigenvalue weighted by Gasteiger charge is -2.21. The number of benzene rings is 1. The van der Waals surface area contributed by atoms with Gasteiger partial charge < -0.3 is 10.2 Å². The third kappa shape index (κ3) is 3.91. The summed E-state index contributed by atoms with van der Waals surface area (Å²) in [7, 11) is -4.00. The number of anilines is 2. The molecule has 0 spiro atoms. The molecular formula is C17H20ClFN4O2S2. The first-order valence-corrected chi connectivity index (χ1v) is 11.6. The van der Waals surface area contributed by atoms with Crippen molar-refractivity contribution < 1.29 is 12.8 Å². The van der Waals surface area contributed by atoms with Gasteiger partial charge in [0.1, 0.15) is 10.7 Å². The van der Waals surface area contributed by atoms with E-state index in [2.05, 4.69) is 19.9 Å². The number of halogens is 2. The van der Waals surface area contributed by atoms with E-state index in [1.54, 1.807) is 5.38 Å². The average Bonchev–Trinajstić information content (AvgIpc) is 3.33. The summed E-state index contributed by atoms with van der Waals surface area (Å²) in [4.78, 5) is 6.07. The SMILES string of the molecule is O=S(=O)(Nc1nccs1)c1cc(F)c(NC[C@@H]2CCN3CCCC23)cc1Cl. The second-order valence-corrected chi connectivity index (χ2v) is 9.83. The molecule has 1 aromatic heterocycles. The first kappa shape index (κ1) is 18.9. The van der Waals surface area contributed by atoms with Crippen LogP contribution in [0.2, 0.25) is 5.02 Å². The van der Waals surface area contributed by atoms with Crippen LogP contribution in [0.15, 0.2) is 28.6 Å². The highest BCUT2D eigenvalue weighted by Crippen LogP contribution is 2.34. The Balaban J connectivity index is 1.48. The normalized spacial score (nSPS) is 22.7. The van der Waals surface area contributed by atoms with Gasteiger partial charge in [0.15, 0.2) is 5.13 Å². The van der Waals surface area contributed by atoms with Crippen molar-refractivity contribution in [2.45, 2.75) is 30.2 Å². The summed E-state index contributed by atoms with van der Waals surface area (Å²) in [5.41, 5.74) is 0.227. The van der Waals surface area contributed by atoms with E-state index in [1.165, 1.54) is 25.1 Å². The summed E-state index contributed by atoms with van der Waals surface area (Å²) in [5, 5.41) is 4.94. The Morgan fingerprint density at radius 2 is 2.19 bits per heavy atom. The summed E-state index contributed by atoms with van der Waals surface area (Å²) < 4.78 is 41.8. The highest BCUT2D eigenvalue weighted by atomic mass is 35.5. The maximum Gasteiger partial charge on any atom is 0.265 e. The summed E-state index contributed by atoms with van der Waals surface area (Å²) in [6.45, 7) is 2.90. The predicted molar refractivity (Wildman–Crippen MR) is 106 cm³/mol. The van der Waals surface area contributed by atoms with Gasteiger partial charge in [0.2, 0.25) is 0 Å². The molecule has 3 heterocycles. The topological polar surface area (TPSA) is 74.3 Å². The van der Waals surface area contributed by atoms with Crippen LogP contribution in [-0.2, 0) is 10.0 Å². The molecule has 6 nitrogen and oxygen atoms in total. The van der Waals surface area contributed by atoms with Gasteiger partial charge in [-0.05, 0) is 50.4 Å². The van der Waals surface area contributed by atoms with Crippen LogP contribution < -0.4 is 10.0 Å². The van der Waals surface area contributed by atoms with Crippen molar-refractivity contribution in [2.75, 3.05) is 29.7 Å². The summed E-state index contributed by atoms with van der Waals surface area (Å²) in [5.74, 6) is -0.166. The third-order valence-corrected chi connectivity index (χ3v) is 7.89. The number of aromatic nitrogens is 1. The van der Waals surface area contributed by atoms with Gasteiger partial charge in [-0.25, -0.2) is 17.8 Å². The maximum atomic E-state index is 14.5. The molecule has 1 aromatic carbocycles. The molecule has 2 atom stereocenters. The monoisotopic (exact) mass is 430 g/mol. The number of rotatable bonds is 6. The summed E-state index contributed by atoms with van der Waals surface area (Å²) in [6.07, 6.45) is 4.98. The van der Waals surface area contributed by atoms with Crippen LogP contribution in [0, 0.1) is 11.7 Å². The Morgan fingerprint density at radius 3 is 2.96 bits per heavy atom. The number of nitrogens with zero attached hydrogens (tertiary/aromatic N) is 2. The maximum absolute atomic E-state index is 14.5. The predicted octanol–water partition coefficient (Wildman–Crippen LogP) is 3.63. The molecule has 2 aliphatic rings. The Bertz CT molecular complexity index is 923. The average molecular weight is 431 g/mol. The van der Waals surface area contributed by atoms with E-state index in [-0.39, 0.29) is 20.7 Å². The molecule has 2 aromatic rings. The molecule has 0 saturated carbocycles. The van der Waals surface area contributed by atoms with Gasteiger partial charge in [-0.3, -0.25) is 4.72 Å². The molecule has 0 bridgehead atoms. The minimum atomic E-state index is -4.00. The van der Waals surface area contributed by atoms with Gasteiger partial charge >= 0.3 is 0 Å². The van der Waals surface area contributed by atoms with Crippen LogP contribution in [0.25, 0.3) is 0 Å². The lowest BCUT2D eigenvalue weighted by Crippen LogP contribution is -2.29. The lowest BCUT2D eigenvalue weighted by atomic mass is 9.98. The first-order chi connectivity index (χ1) is 12.9. The summed E-state index contributed by atoms with van der Waals surface area (Å²) in [6, 6.07) is 2.87. The molecule has 0 aliphatic carbocycles. The highest BCUT2D eigenvalue weighted by molar-refractivity contribution is 7.93. The van der Waals surface area contributed by atoms with E-state index in [9.17, 15) is 12.8 Å². The fraction of sp³-hybridized carbons (Fsp3) is 0.471. The van der Waals surface area contributed by atoms with Gasteiger partial charge in [-0.1, -0.05) is 11.6 Å². The second kappa shape index (κ2) is 7.54. The zero-order valence-electron chi connectivity index (χ0n) is 14.5. The highest BCUT2D eigenvalue weighted by Gasteiger charge is 2.36. The molecular weight excluding hydrogens is 411 g/mol. The van der Waals surface area contributed by atoms with Gasteiger partial charge in [-0.2, -0.15) is 0 Å². The minimum Gasteiger partial charge on any atom is -0.382 e. The Kier molecular flexibility index (Phi) is 5.28. The Labute approximate surface area is 166 Å². The zero-order valence-corrected chi connectivity index (χ0v) is 16.9. The van der Waals surface area contributed by atoms with Crippen LogP contribution >= 0.6 is 22.9 Å². The van der Waals surface area contributed by atoms with E-state index in [0.29, 0.717) is 18.5 Å². The van der Waals surface area contributed by atoms with Crippen molar-refractivity contribution in [1.29, 1.82) is 0 Å². The molecule has 146 valence electrons. The van der Waals surface area contributed by atoms with Gasteiger partial charge in [-0.15, -0.1) is 11.3 Å². The van der Waals surface area contributed by atoms with Crippen LogP contribution in [0.1, 0.15) is 19.3 Å². The molecule has 1 unspecified atom stereocenters. The van der Waals surface area contributed by atoms with Crippen molar-refractivity contribution in [1.82, 2.24) is 9.88 Å². The van der Waals surface area contributed by atoms with Gasteiger partial charge in [0.05, 0.1) is 10.7 Å². The molecule has 2 saturated heterocycles. The standard InChI is InChI=1S/C17H20ClFN4O2S2/c18-12-8-14(21-10-11-3-6-23-5-1-2-15(11)23)13(19)9-16(12)27(24,25)22-17-20-4-7-26-17/h4,7-9,11,15,21H,1-3,5-6,10H2,(H,20,22)/t11-,15?/m0/s1. The minimum absolute atomic E-state index is 0.0307. The number of fused-ring (bicyclic) bond motifs is 1. The number of thiazole rings is 1. The zero-order chi connectivity index (χ0) is 19.0. The summed E-state index contributed by atoms with van der Waals surface area (Å²) >= 11 is 7.29. The van der Waals surface area contributed by atoms with Crippen LogP contribution in [-0.4, -0.2) is 44.0 Å². The third-order valence-electron chi connectivity index (χ3n) is 5.27.